The second-order valence-corrected chi connectivity index (χ2v) is 10.1. The van der Waals surface area contributed by atoms with Gasteiger partial charge in [-0.05, 0) is 73.8 Å². The Hall–Kier alpha value is -3.18. The van der Waals surface area contributed by atoms with E-state index in [1.165, 1.54) is 10.5 Å². The second kappa shape index (κ2) is 10.5. The smallest absolute Gasteiger partial charge is 0.366 e. The Morgan fingerprint density at radius 3 is 2.37 bits per heavy atom. The molecule has 1 saturated carbocycles. The van der Waals surface area contributed by atoms with Crippen molar-refractivity contribution in [1.29, 1.82) is 0 Å². The lowest BCUT2D eigenvalue weighted by molar-refractivity contribution is -0.140. The maximum Gasteiger partial charge on any atom is 0.419 e. The van der Waals surface area contributed by atoms with E-state index in [0.29, 0.717) is 37.4 Å². The number of carbonyl (C=O) groups is 2. The van der Waals surface area contributed by atoms with Gasteiger partial charge >= 0.3 is 12.2 Å². The minimum Gasteiger partial charge on any atom is -0.366 e. The number of halogens is 4. The summed E-state index contributed by atoms with van der Waals surface area (Å²) in [7, 11) is 0. The fourth-order valence-electron chi connectivity index (χ4n) is 5.51. The summed E-state index contributed by atoms with van der Waals surface area (Å²) >= 11 is 0. The van der Waals surface area contributed by atoms with Crippen LogP contribution in [0.15, 0.2) is 42.5 Å². The average Bonchev–Trinajstić information content (AvgIpc) is 3.40. The number of likely N-dealkylation sites (tertiary alicyclic amines) is 1. The van der Waals surface area contributed by atoms with Gasteiger partial charge in [-0.2, -0.15) is 13.2 Å². The summed E-state index contributed by atoms with van der Waals surface area (Å²) in [5, 5.41) is 15.0. The first-order valence-corrected chi connectivity index (χ1v) is 12.8. The number of nitrogens with one attached hydrogen (secondary N) is 2. The molecule has 2 aliphatic heterocycles. The van der Waals surface area contributed by atoms with Crippen molar-refractivity contribution in [3.63, 3.8) is 0 Å². The molecule has 2 unspecified atom stereocenters. The highest BCUT2D eigenvalue weighted by Gasteiger charge is 2.39. The summed E-state index contributed by atoms with van der Waals surface area (Å²) in [6.45, 7) is 0.315. The Balaban J connectivity index is 1.14. The SMILES string of the molecule is O=C(NC1CCC(c2cccc(C3OC3O)c2)CC1)[C@H]1CCCN1C(=O)Nc1ccc(C(F)(F)F)c(F)c1. The molecular weight excluding hydrogens is 506 g/mol. The number of rotatable bonds is 5. The molecule has 0 spiro atoms. The molecule has 11 heteroatoms. The molecule has 2 aromatic carbocycles. The zero-order valence-corrected chi connectivity index (χ0v) is 20.5. The lowest BCUT2D eigenvalue weighted by Gasteiger charge is -2.31. The second-order valence-electron chi connectivity index (χ2n) is 10.1. The van der Waals surface area contributed by atoms with Crippen LogP contribution in [-0.4, -0.2) is 46.9 Å². The zero-order chi connectivity index (χ0) is 27.0. The third-order valence-corrected chi connectivity index (χ3v) is 7.59. The number of aliphatic hydroxyl groups excluding tert-OH is 1. The molecule has 2 saturated heterocycles. The molecule has 2 heterocycles. The number of aliphatic hydroxyl groups is 1. The molecule has 38 heavy (non-hydrogen) atoms. The van der Waals surface area contributed by atoms with Crippen molar-refractivity contribution < 1.29 is 37.0 Å². The van der Waals surface area contributed by atoms with Gasteiger partial charge in [-0.25, -0.2) is 9.18 Å². The minimum atomic E-state index is -4.83. The molecule has 3 aliphatic rings. The lowest BCUT2D eigenvalue weighted by Crippen LogP contribution is -2.50. The summed E-state index contributed by atoms with van der Waals surface area (Å²) < 4.78 is 57.4. The average molecular weight is 536 g/mol. The minimum absolute atomic E-state index is 0.0231. The number of urea groups is 1. The number of hydrogen-bond acceptors (Lipinski definition) is 4. The van der Waals surface area contributed by atoms with Crippen molar-refractivity contribution in [2.24, 2.45) is 0 Å². The van der Waals surface area contributed by atoms with Gasteiger partial charge in [0.25, 0.3) is 0 Å². The Kier molecular flexibility index (Phi) is 7.32. The molecule has 0 bridgehead atoms. The Morgan fingerprint density at radius 1 is 1.00 bits per heavy atom. The monoisotopic (exact) mass is 535 g/mol. The molecule has 0 radical (unpaired) electrons. The summed E-state index contributed by atoms with van der Waals surface area (Å²) in [5.74, 6) is -1.40. The first-order valence-electron chi connectivity index (χ1n) is 12.8. The number of hydrogen-bond donors (Lipinski definition) is 3. The number of epoxide rings is 1. The van der Waals surface area contributed by atoms with E-state index >= 15 is 0 Å². The highest BCUT2D eigenvalue weighted by Crippen LogP contribution is 2.40. The van der Waals surface area contributed by atoms with Gasteiger partial charge in [0.15, 0.2) is 6.29 Å². The molecule has 204 valence electrons. The fraction of sp³-hybridized carbons (Fsp3) is 0.481. The topological polar surface area (TPSA) is 94.2 Å². The number of benzene rings is 2. The van der Waals surface area contributed by atoms with E-state index in [1.54, 1.807) is 0 Å². The summed E-state index contributed by atoms with van der Waals surface area (Å²) in [6, 6.07) is 8.85. The van der Waals surface area contributed by atoms with Crippen LogP contribution in [-0.2, 0) is 15.7 Å². The molecule has 3 N–H and O–H groups in total. The highest BCUT2D eigenvalue weighted by atomic mass is 19.4. The van der Waals surface area contributed by atoms with Crippen LogP contribution in [0.25, 0.3) is 0 Å². The molecule has 3 atom stereocenters. The first kappa shape index (κ1) is 26.4. The van der Waals surface area contributed by atoms with E-state index < -0.39 is 35.9 Å². The summed E-state index contributed by atoms with van der Waals surface area (Å²) in [4.78, 5) is 27.2. The van der Waals surface area contributed by atoms with Gasteiger partial charge < -0.3 is 25.4 Å². The van der Waals surface area contributed by atoms with E-state index in [0.717, 1.165) is 37.3 Å². The predicted molar refractivity (Wildman–Crippen MR) is 130 cm³/mol. The van der Waals surface area contributed by atoms with Crippen LogP contribution in [0.2, 0.25) is 0 Å². The molecule has 2 aromatic rings. The fourth-order valence-corrected chi connectivity index (χ4v) is 5.51. The maximum atomic E-state index is 13.9. The highest BCUT2D eigenvalue weighted by molar-refractivity contribution is 5.94. The van der Waals surface area contributed by atoms with E-state index in [1.807, 2.05) is 12.1 Å². The molecular formula is C27H29F4N3O4. The van der Waals surface area contributed by atoms with Gasteiger partial charge in [0, 0.05) is 18.3 Å². The Bertz CT molecular complexity index is 1200. The number of alkyl halides is 3. The van der Waals surface area contributed by atoms with Gasteiger partial charge in [-0.15, -0.1) is 0 Å². The third kappa shape index (κ3) is 5.78. The van der Waals surface area contributed by atoms with Gasteiger partial charge in [0.2, 0.25) is 5.91 Å². The van der Waals surface area contributed by atoms with Crippen molar-refractivity contribution in [3.8, 4) is 0 Å². The van der Waals surface area contributed by atoms with Gasteiger partial charge in [-0.1, -0.05) is 24.3 Å². The van der Waals surface area contributed by atoms with E-state index in [9.17, 15) is 32.3 Å². The van der Waals surface area contributed by atoms with Crippen LogP contribution < -0.4 is 10.6 Å². The van der Waals surface area contributed by atoms with E-state index in [2.05, 4.69) is 22.8 Å². The molecule has 7 nitrogen and oxygen atoms in total. The van der Waals surface area contributed by atoms with Crippen molar-refractivity contribution in [1.82, 2.24) is 10.2 Å². The largest absolute Gasteiger partial charge is 0.419 e. The zero-order valence-electron chi connectivity index (χ0n) is 20.5. The number of nitrogens with zero attached hydrogens (tertiary/aromatic N) is 1. The van der Waals surface area contributed by atoms with Crippen LogP contribution in [0.4, 0.5) is 28.0 Å². The van der Waals surface area contributed by atoms with Gasteiger partial charge in [0.05, 0.1) is 5.56 Å². The van der Waals surface area contributed by atoms with Crippen molar-refractivity contribution >= 4 is 17.6 Å². The predicted octanol–water partition coefficient (Wildman–Crippen LogP) is 5.07. The number of ether oxygens (including phenoxy) is 1. The number of carbonyl (C=O) groups excluding carboxylic acids is 2. The quantitative estimate of drug-likeness (QED) is 0.368. The van der Waals surface area contributed by atoms with Crippen LogP contribution in [0.1, 0.15) is 67.2 Å². The van der Waals surface area contributed by atoms with Crippen molar-refractivity contribution in [3.05, 3.63) is 65.0 Å². The summed E-state index contributed by atoms with van der Waals surface area (Å²) in [5.41, 5.74) is 0.626. The Morgan fingerprint density at radius 2 is 1.71 bits per heavy atom. The van der Waals surface area contributed by atoms with Crippen molar-refractivity contribution in [2.75, 3.05) is 11.9 Å². The third-order valence-electron chi connectivity index (χ3n) is 7.59. The van der Waals surface area contributed by atoms with Crippen LogP contribution in [0.3, 0.4) is 0 Å². The maximum absolute atomic E-state index is 13.9. The summed E-state index contributed by atoms with van der Waals surface area (Å²) in [6.07, 6.45) is -1.40. The van der Waals surface area contributed by atoms with Crippen LogP contribution in [0.5, 0.6) is 0 Å². The van der Waals surface area contributed by atoms with E-state index in [-0.39, 0.29) is 23.7 Å². The van der Waals surface area contributed by atoms with Crippen molar-refractivity contribution in [2.45, 2.75) is 75.1 Å². The lowest BCUT2D eigenvalue weighted by atomic mass is 9.81. The van der Waals surface area contributed by atoms with Crippen LogP contribution >= 0.6 is 0 Å². The molecule has 0 aromatic heterocycles. The first-order chi connectivity index (χ1) is 18.1. The molecule has 5 rings (SSSR count). The number of anilines is 1. The molecule has 3 fully saturated rings. The molecule has 1 aliphatic carbocycles. The standard InChI is InChI=1S/C27H29F4N3O4/c28-21-14-19(10-11-20(21)27(29,30)31)33-26(37)34-12-2-5-22(34)24(35)32-18-8-6-15(7-9-18)16-3-1-4-17(13-16)23-25(36)38-23/h1,3-4,10-11,13-15,18,22-23,25,36H,2,5-9,12H2,(H,32,35)(H,33,37)/t15?,18?,22-,23?,25?/m1/s1. The van der Waals surface area contributed by atoms with Crippen LogP contribution in [0, 0.1) is 5.82 Å². The van der Waals surface area contributed by atoms with Gasteiger partial charge in [0.1, 0.15) is 18.0 Å². The van der Waals surface area contributed by atoms with Gasteiger partial charge in [-0.3, -0.25) is 4.79 Å². The number of amides is 3. The molecule has 3 amide bonds. The normalized spacial score (nSPS) is 27.2. The van der Waals surface area contributed by atoms with E-state index in [4.69, 9.17) is 4.74 Å². The Labute approximate surface area is 217 Å².